The lowest BCUT2D eigenvalue weighted by Crippen LogP contribution is -2.31. The summed E-state index contributed by atoms with van der Waals surface area (Å²) in [5.41, 5.74) is 3.53. The minimum absolute atomic E-state index is 0.0726. The molecule has 156 valence electrons. The minimum Gasteiger partial charge on any atom is -0.478 e. The smallest absolute Gasteiger partial charge is 0.232 e. The van der Waals surface area contributed by atoms with Gasteiger partial charge in [0.25, 0.3) is 0 Å². The Bertz CT molecular complexity index is 1230. The van der Waals surface area contributed by atoms with Gasteiger partial charge in [0, 0.05) is 24.0 Å². The summed E-state index contributed by atoms with van der Waals surface area (Å²) >= 11 is 1.57. The molecule has 0 bridgehead atoms. The van der Waals surface area contributed by atoms with Crippen LogP contribution in [0, 0.1) is 6.92 Å². The van der Waals surface area contributed by atoms with Crippen LogP contribution in [-0.4, -0.2) is 24.2 Å². The first-order valence-corrected chi connectivity index (χ1v) is 10.9. The molecule has 0 unspecified atom stereocenters. The summed E-state index contributed by atoms with van der Waals surface area (Å²) in [7, 11) is 0. The van der Waals surface area contributed by atoms with Crippen molar-refractivity contribution in [2.75, 3.05) is 13.5 Å². The molecule has 0 spiro atoms. The lowest BCUT2D eigenvalue weighted by molar-refractivity contribution is 0.0871. The van der Waals surface area contributed by atoms with Crippen molar-refractivity contribution in [2.24, 2.45) is 0 Å². The molecule has 0 N–H and O–H groups in total. The molecule has 6 nitrogen and oxygen atoms in total. The molecular formula is C24H19NO5S. The van der Waals surface area contributed by atoms with Crippen LogP contribution in [0.5, 0.6) is 23.0 Å². The van der Waals surface area contributed by atoms with Gasteiger partial charge in [0.05, 0.1) is 11.1 Å². The molecule has 3 aliphatic heterocycles. The van der Waals surface area contributed by atoms with Gasteiger partial charge in [0.2, 0.25) is 12.6 Å². The largest absolute Gasteiger partial charge is 0.478 e. The average Bonchev–Trinajstić information content (AvgIpc) is 3.50. The van der Waals surface area contributed by atoms with Crippen LogP contribution < -0.4 is 18.9 Å². The van der Waals surface area contributed by atoms with Crippen molar-refractivity contribution in [3.05, 3.63) is 74.7 Å². The van der Waals surface area contributed by atoms with Crippen LogP contribution in [0.15, 0.2) is 47.5 Å². The second kappa shape index (κ2) is 7.14. The van der Waals surface area contributed by atoms with Crippen LogP contribution in [0.2, 0.25) is 0 Å². The van der Waals surface area contributed by atoms with Crippen LogP contribution in [0.4, 0.5) is 0 Å². The van der Waals surface area contributed by atoms with Gasteiger partial charge < -0.3 is 18.9 Å². The highest BCUT2D eigenvalue weighted by molar-refractivity contribution is 7.10. The van der Waals surface area contributed by atoms with Crippen LogP contribution >= 0.6 is 11.3 Å². The number of Topliss-reactive ketones (excluding diaryl/α,β-unsaturated/α-hetero) is 1. The van der Waals surface area contributed by atoms with Gasteiger partial charge >= 0.3 is 0 Å². The Hall–Kier alpha value is -3.29. The lowest BCUT2D eigenvalue weighted by Gasteiger charge is -2.30. The van der Waals surface area contributed by atoms with Gasteiger partial charge in [-0.1, -0.05) is 12.1 Å². The molecule has 2 aromatic carbocycles. The number of ether oxygens (including phenoxy) is 4. The number of fused-ring (bicyclic) bond motifs is 4. The molecular weight excluding hydrogens is 414 g/mol. The predicted molar refractivity (Wildman–Crippen MR) is 116 cm³/mol. The van der Waals surface area contributed by atoms with Crippen LogP contribution in [-0.2, 0) is 13.1 Å². The summed E-state index contributed by atoms with van der Waals surface area (Å²) in [6.07, 6.45) is 1.81. The molecule has 4 heterocycles. The molecule has 31 heavy (non-hydrogen) atoms. The minimum atomic E-state index is -0.0726. The number of hydrogen-bond donors (Lipinski definition) is 0. The summed E-state index contributed by atoms with van der Waals surface area (Å²) in [5, 5.41) is 1.98. The molecule has 1 aromatic heterocycles. The van der Waals surface area contributed by atoms with Gasteiger partial charge in [-0.2, -0.15) is 0 Å². The maximum Gasteiger partial charge on any atom is 0.232 e. The monoisotopic (exact) mass is 433 g/mol. The van der Waals surface area contributed by atoms with E-state index in [2.05, 4.69) is 4.90 Å². The van der Waals surface area contributed by atoms with Crippen LogP contribution in [0.3, 0.4) is 0 Å². The first-order valence-electron chi connectivity index (χ1n) is 10.0. The van der Waals surface area contributed by atoms with E-state index >= 15 is 0 Å². The highest BCUT2D eigenvalue weighted by Crippen LogP contribution is 2.44. The second-order valence-electron chi connectivity index (χ2n) is 7.78. The maximum absolute atomic E-state index is 13.0. The van der Waals surface area contributed by atoms with Crippen molar-refractivity contribution >= 4 is 23.2 Å². The van der Waals surface area contributed by atoms with Gasteiger partial charge in [0.1, 0.15) is 18.2 Å². The van der Waals surface area contributed by atoms with E-state index in [0.717, 1.165) is 38.8 Å². The number of ketones is 1. The molecule has 0 fully saturated rings. The number of carbonyl (C=O) groups is 1. The summed E-state index contributed by atoms with van der Waals surface area (Å²) in [4.78, 5) is 16.2. The van der Waals surface area contributed by atoms with Crippen LogP contribution in [0.1, 0.15) is 31.9 Å². The first kappa shape index (κ1) is 18.5. The van der Waals surface area contributed by atoms with E-state index in [1.54, 1.807) is 11.3 Å². The fourth-order valence-corrected chi connectivity index (χ4v) is 4.82. The molecule has 7 heteroatoms. The van der Waals surface area contributed by atoms with Gasteiger partial charge in [-0.25, -0.2) is 0 Å². The number of benzene rings is 2. The molecule has 0 aliphatic carbocycles. The fraction of sp³-hybridized carbons (Fsp3) is 0.208. The Labute approximate surface area is 183 Å². The zero-order valence-corrected chi connectivity index (χ0v) is 17.7. The number of carbonyl (C=O) groups excluding carboxylic acids is 1. The van der Waals surface area contributed by atoms with Gasteiger partial charge in [0.15, 0.2) is 17.3 Å². The molecule has 0 saturated heterocycles. The van der Waals surface area contributed by atoms with E-state index in [0.29, 0.717) is 36.9 Å². The van der Waals surface area contributed by atoms with Gasteiger partial charge in [-0.15, -0.1) is 11.3 Å². The molecule has 0 atom stereocenters. The zero-order valence-electron chi connectivity index (χ0n) is 16.8. The summed E-state index contributed by atoms with van der Waals surface area (Å²) in [6.45, 7) is 3.97. The first-order chi connectivity index (χ1) is 15.2. The van der Waals surface area contributed by atoms with Crippen molar-refractivity contribution in [1.82, 2.24) is 4.90 Å². The molecule has 0 radical (unpaired) electrons. The maximum atomic E-state index is 13.0. The van der Waals surface area contributed by atoms with Crippen molar-refractivity contribution in [1.29, 1.82) is 0 Å². The number of hydrogen-bond acceptors (Lipinski definition) is 7. The Morgan fingerprint density at radius 2 is 2.00 bits per heavy atom. The highest BCUT2D eigenvalue weighted by Gasteiger charge is 2.35. The summed E-state index contributed by atoms with van der Waals surface area (Å²) in [5.74, 6) is 3.24. The summed E-state index contributed by atoms with van der Waals surface area (Å²) in [6, 6.07) is 11.8. The Morgan fingerprint density at radius 1 is 1.10 bits per heavy atom. The Balaban J connectivity index is 1.30. The van der Waals surface area contributed by atoms with E-state index in [1.165, 1.54) is 0 Å². The van der Waals surface area contributed by atoms with Gasteiger partial charge in [-0.3, -0.25) is 9.69 Å². The number of thiophene rings is 1. The molecule has 0 saturated carbocycles. The number of nitrogens with zero attached hydrogens (tertiary/aromatic N) is 1. The van der Waals surface area contributed by atoms with E-state index in [4.69, 9.17) is 18.9 Å². The van der Waals surface area contributed by atoms with Crippen molar-refractivity contribution in [3.8, 4) is 23.0 Å². The second-order valence-corrected chi connectivity index (χ2v) is 8.76. The topological polar surface area (TPSA) is 57.2 Å². The SMILES string of the molecule is Cc1cc2c(c3c1C(=O)/C(=C/c1cccs1)O3)CN(Cc1ccc3c(c1)OCO3)CO2. The average molecular weight is 433 g/mol. The molecule has 3 aliphatic rings. The lowest BCUT2D eigenvalue weighted by atomic mass is 9.98. The van der Waals surface area contributed by atoms with E-state index in [-0.39, 0.29) is 12.6 Å². The van der Waals surface area contributed by atoms with Crippen LogP contribution in [0.25, 0.3) is 6.08 Å². The van der Waals surface area contributed by atoms with E-state index in [9.17, 15) is 4.79 Å². The zero-order chi connectivity index (χ0) is 20.9. The Kier molecular flexibility index (Phi) is 4.26. The third-order valence-electron chi connectivity index (χ3n) is 5.65. The highest BCUT2D eigenvalue weighted by atomic mass is 32.1. The van der Waals surface area contributed by atoms with E-state index in [1.807, 2.05) is 54.8 Å². The number of allylic oxidation sites excluding steroid dienone is 1. The van der Waals surface area contributed by atoms with Crippen molar-refractivity contribution in [3.63, 3.8) is 0 Å². The number of aryl methyl sites for hydroxylation is 1. The van der Waals surface area contributed by atoms with Crippen molar-refractivity contribution < 1.29 is 23.7 Å². The van der Waals surface area contributed by atoms with E-state index < -0.39 is 0 Å². The molecule has 6 rings (SSSR count). The quantitative estimate of drug-likeness (QED) is 0.556. The third kappa shape index (κ3) is 3.17. The van der Waals surface area contributed by atoms with Crippen molar-refractivity contribution in [2.45, 2.75) is 20.0 Å². The normalized spacial score (nSPS) is 18.0. The third-order valence-corrected chi connectivity index (χ3v) is 6.47. The Morgan fingerprint density at radius 3 is 2.87 bits per heavy atom. The summed E-state index contributed by atoms with van der Waals surface area (Å²) < 4.78 is 23.0. The van der Waals surface area contributed by atoms with Gasteiger partial charge in [-0.05, 0) is 47.7 Å². The predicted octanol–water partition coefficient (Wildman–Crippen LogP) is 4.75. The molecule has 3 aromatic rings. The molecule has 0 amide bonds. The fourth-order valence-electron chi connectivity index (χ4n) is 4.18. The standard InChI is InChI=1S/C24H19NO5S/c1-14-7-19-17(24-22(14)23(26)21(30-24)9-16-3-2-6-31-16)11-25(12-27-19)10-15-4-5-18-20(8-15)29-13-28-18/h2-9H,10-13H2,1H3/b21-9-. The number of rotatable bonds is 3.